The van der Waals surface area contributed by atoms with Gasteiger partial charge in [0, 0.05) is 25.2 Å². The maximum Gasteiger partial charge on any atom is 0.0107 e. The van der Waals surface area contributed by atoms with E-state index >= 15 is 0 Å². The van der Waals surface area contributed by atoms with Crippen LogP contribution in [0.5, 0.6) is 0 Å². The molecule has 0 bridgehead atoms. The summed E-state index contributed by atoms with van der Waals surface area (Å²) in [4.78, 5) is 2.54. The summed E-state index contributed by atoms with van der Waals surface area (Å²) in [5.74, 6) is 0.789. The predicted octanol–water partition coefficient (Wildman–Crippen LogP) is 2.89. The van der Waals surface area contributed by atoms with Gasteiger partial charge >= 0.3 is 0 Å². The number of nitrogens with one attached hydrogen (secondary N) is 1. The van der Waals surface area contributed by atoms with E-state index in [0.717, 1.165) is 18.5 Å². The molecule has 1 rings (SSSR count). The monoisotopic (exact) mass is 226 g/mol. The molecule has 0 aromatic rings. The van der Waals surface area contributed by atoms with Crippen molar-refractivity contribution in [2.24, 2.45) is 5.92 Å². The lowest BCUT2D eigenvalue weighted by molar-refractivity contribution is 0.238. The lowest BCUT2D eigenvalue weighted by Crippen LogP contribution is -2.40. The zero-order valence-corrected chi connectivity index (χ0v) is 11.6. The third-order valence-electron chi connectivity index (χ3n) is 4.38. The number of rotatable bonds is 7. The Morgan fingerprint density at radius 3 is 2.44 bits per heavy atom. The van der Waals surface area contributed by atoms with Gasteiger partial charge in [0.1, 0.15) is 0 Å². The molecule has 2 heteroatoms. The molecular weight excluding hydrogens is 196 g/mol. The van der Waals surface area contributed by atoms with Gasteiger partial charge in [-0.05, 0) is 32.7 Å². The Morgan fingerprint density at radius 2 is 1.88 bits per heavy atom. The second kappa shape index (κ2) is 7.29. The van der Waals surface area contributed by atoms with Crippen molar-refractivity contribution < 1.29 is 0 Å². The van der Waals surface area contributed by atoms with Crippen LogP contribution in [0, 0.1) is 5.92 Å². The molecule has 16 heavy (non-hydrogen) atoms. The van der Waals surface area contributed by atoms with Gasteiger partial charge in [-0.3, -0.25) is 0 Å². The minimum Gasteiger partial charge on any atom is -0.313 e. The first kappa shape index (κ1) is 14.0. The first-order valence-electron chi connectivity index (χ1n) is 7.08. The van der Waals surface area contributed by atoms with Crippen molar-refractivity contribution in [1.82, 2.24) is 10.2 Å². The molecule has 0 spiro atoms. The van der Waals surface area contributed by atoms with Crippen LogP contribution in [-0.2, 0) is 0 Å². The summed E-state index contributed by atoms with van der Waals surface area (Å²) in [7, 11) is 2.28. The smallest absolute Gasteiger partial charge is 0.0107 e. The Hall–Kier alpha value is -0.0800. The maximum absolute atomic E-state index is 3.65. The molecule has 0 heterocycles. The molecule has 1 fully saturated rings. The Labute approximate surface area is 102 Å². The van der Waals surface area contributed by atoms with Gasteiger partial charge in [-0.1, -0.05) is 33.1 Å². The topological polar surface area (TPSA) is 15.3 Å². The molecule has 0 aliphatic heterocycles. The van der Waals surface area contributed by atoms with Gasteiger partial charge in [-0.15, -0.1) is 0 Å². The molecule has 0 radical (unpaired) electrons. The van der Waals surface area contributed by atoms with E-state index in [9.17, 15) is 0 Å². The lowest BCUT2D eigenvalue weighted by atomic mass is 10.0. The third kappa shape index (κ3) is 4.42. The Kier molecular flexibility index (Phi) is 6.37. The molecule has 2 atom stereocenters. The van der Waals surface area contributed by atoms with Gasteiger partial charge in [0.15, 0.2) is 0 Å². The Bertz CT molecular complexity index is 176. The molecule has 1 aliphatic carbocycles. The molecule has 0 amide bonds. The summed E-state index contributed by atoms with van der Waals surface area (Å²) in [6.07, 6.45) is 6.97. The van der Waals surface area contributed by atoms with Gasteiger partial charge in [0.25, 0.3) is 0 Å². The second-order valence-corrected chi connectivity index (χ2v) is 5.55. The first-order chi connectivity index (χ1) is 7.65. The van der Waals surface area contributed by atoms with Crippen LogP contribution in [0.25, 0.3) is 0 Å². The van der Waals surface area contributed by atoms with Crippen LogP contribution in [0.4, 0.5) is 0 Å². The van der Waals surface area contributed by atoms with E-state index in [0.29, 0.717) is 6.04 Å². The fourth-order valence-corrected chi connectivity index (χ4v) is 2.55. The minimum absolute atomic E-state index is 0.655. The van der Waals surface area contributed by atoms with E-state index in [2.05, 4.69) is 38.0 Å². The van der Waals surface area contributed by atoms with E-state index in [1.807, 2.05) is 0 Å². The highest BCUT2D eigenvalue weighted by atomic mass is 15.1. The molecule has 0 aromatic carbocycles. The van der Waals surface area contributed by atoms with Crippen LogP contribution in [0.1, 0.15) is 52.9 Å². The summed E-state index contributed by atoms with van der Waals surface area (Å²) < 4.78 is 0. The maximum atomic E-state index is 3.65. The molecule has 1 N–H and O–H groups in total. The predicted molar refractivity (Wildman–Crippen MR) is 71.8 cm³/mol. The molecule has 1 saturated carbocycles. The zero-order chi connectivity index (χ0) is 12.0. The molecule has 2 nitrogen and oxygen atoms in total. The molecule has 2 unspecified atom stereocenters. The van der Waals surface area contributed by atoms with E-state index in [1.54, 1.807) is 0 Å². The Morgan fingerprint density at radius 1 is 1.25 bits per heavy atom. The molecular formula is C14H30N2. The van der Waals surface area contributed by atoms with Crippen LogP contribution in [-0.4, -0.2) is 37.1 Å². The summed E-state index contributed by atoms with van der Waals surface area (Å²) in [6, 6.07) is 1.52. The summed E-state index contributed by atoms with van der Waals surface area (Å²) in [6.45, 7) is 9.25. The largest absolute Gasteiger partial charge is 0.313 e. The highest BCUT2D eigenvalue weighted by molar-refractivity contribution is 4.76. The Balaban J connectivity index is 2.09. The van der Waals surface area contributed by atoms with E-state index in [4.69, 9.17) is 0 Å². The van der Waals surface area contributed by atoms with E-state index < -0.39 is 0 Å². The highest BCUT2D eigenvalue weighted by Gasteiger charge is 2.19. The van der Waals surface area contributed by atoms with Crippen molar-refractivity contribution in [1.29, 1.82) is 0 Å². The summed E-state index contributed by atoms with van der Waals surface area (Å²) >= 11 is 0. The van der Waals surface area contributed by atoms with Gasteiger partial charge in [0.05, 0.1) is 0 Å². The van der Waals surface area contributed by atoms with Crippen LogP contribution < -0.4 is 5.32 Å². The van der Waals surface area contributed by atoms with Crippen molar-refractivity contribution in [2.75, 3.05) is 20.1 Å². The number of hydrogen-bond acceptors (Lipinski definition) is 2. The normalized spacial score (nSPS) is 21.6. The SMILES string of the molecule is CCC(C)C(C)NCCN(C)C1CCCC1. The van der Waals surface area contributed by atoms with Crippen molar-refractivity contribution in [3.63, 3.8) is 0 Å². The van der Waals surface area contributed by atoms with Crippen LogP contribution in [0.2, 0.25) is 0 Å². The van der Waals surface area contributed by atoms with Crippen molar-refractivity contribution >= 4 is 0 Å². The average molecular weight is 226 g/mol. The van der Waals surface area contributed by atoms with Crippen LogP contribution in [0.3, 0.4) is 0 Å². The standard InChI is InChI=1S/C14H30N2/c1-5-12(2)13(3)15-10-11-16(4)14-8-6-7-9-14/h12-15H,5-11H2,1-4H3. The molecule has 1 aliphatic rings. The fourth-order valence-electron chi connectivity index (χ4n) is 2.55. The minimum atomic E-state index is 0.655. The van der Waals surface area contributed by atoms with Crippen LogP contribution >= 0.6 is 0 Å². The fraction of sp³-hybridized carbons (Fsp3) is 1.00. The van der Waals surface area contributed by atoms with Crippen molar-refractivity contribution in [2.45, 2.75) is 65.0 Å². The van der Waals surface area contributed by atoms with Gasteiger partial charge in [0.2, 0.25) is 0 Å². The summed E-state index contributed by atoms with van der Waals surface area (Å²) in [5.41, 5.74) is 0. The van der Waals surface area contributed by atoms with E-state index in [-0.39, 0.29) is 0 Å². The summed E-state index contributed by atoms with van der Waals surface area (Å²) in [5, 5.41) is 3.65. The van der Waals surface area contributed by atoms with Gasteiger partial charge < -0.3 is 10.2 Å². The lowest BCUT2D eigenvalue weighted by Gasteiger charge is -2.26. The van der Waals surface area contributed by atoms with Crippen molar-refractivity contribution in [3.8, 4) is 0 Å². The first-order valence-corrected chi connectivity index (χ1v) is 7.08. The van der Waals surface area contributed by atoms with Gasteiger partial charge in [-0.25, -0.2) is 0 Å². The molecule has 96 valence electrons. The van der Waals surface area contributed by atoms with Crippen LogP contribution in [0.15, 0.2) is 0 Å². The molecule has 0 saturated heterocycles. The number of nitrogens with zero attached hydrogens (tertiary/aromatic N) is 1. The van der Waals surface area contributed by atoms with Gasteiger partial charge in [-0.2, -0.15) is 0 Å². The number of likely N-dealkylation sites (N-methyl/N-ethyl adjacent to an activating group) is 1. The quantitative estimate of drug-likeness (QED) is 0.718. The van der Waals surface area contributed by atoms with E-state index in [1.165, 1.54) is 38.6 Å². The average Bonchev–Trinajstić information content (AvgIpc) is 2.81. The zero-order valence-electron chi connectivity index (χ0n) is 11.6. The van der Waals surface area contributed by atoms with Crippen molar-refractivity contribution in [3.05, 3.63) is 0 Å². The molecule has 0 aromatic heterocycles. The third-order valence-corrected chi connectivity index (χ3v) is 4.38. The number of hydrogen-bond donors (Lipinski definition) is 1. The highest BCUT2D eigenvalue weighted by Crippen LogP contribution is 2.21. The second-order valence-electron chi connectivity index (χ2n) is 5.55.